The minimum absolute atomic E-state index is 0.0147. The van der Waals surface area contributed by atoms with Gasteiger partial charge in [-0.1, -0.05) is 18.2 Å². The third kappa shape index (κ3) is 5.37. The number of pyridine rings is 1. The van der Waals surface area contributed by atoms with E-state index in [1.54, 1.807) is 24.6 Å². The number of carbonyl (C=O) groups is 1. The molecule has 156 valence electrons. The van der Waals surface area contributed by atoms with Gasteiger partial charge in [-0.25, -0.2) is 4.98 Å². The van der Waals surface area contributed by atoms with Gasteiger partial charge in [-0.2, -0.15) is 0 Å². The molecule has 3 heterocycles. The van der Waals surface area contributed by atoms with E-state index in [1.807, 2.05) is 41.8 Å². The molecule has 4 rings (SSSR count). The maximum Gasteiger partial charge on any atom is 0.229 e. The number of amides is 1. The van der Waals surface area contributed by atoms with Crippen molar-refractivity contribution < 1.29 is 9.53 Å². The lowest BCUT2D eigenvalue weighted by atomic mass is 10.2. The Bertz CT molecular complexity index is 934. The van der Waals surface area contributed by atoms with Crippen LogP contribution in [0.1, 0.15) is 10.4 Å². The lowest BCUT2D eigenvalue weighted by Gasteiger charge is -2.35. The van der Waals surface area contributed by atoms with Crippen LogP contribution in [0.2, 0.25) is 0 Å². The third-order valence-electron chi connectivity index (χ3n) is 5.21. The van der Waals surface area contributed by atoms with E-state index in [9.17, 15) is 4.79 Å². The fourth-order valence-electron chi connectivity index (χ4n) is 3.55. The van der Waals surface area contributed by atoms with Crippen LogP contribution in [0.15, 0.2) is 60.1 Å². The monoisotopic (exact) mass is 422 g/mol. The lowest BCUT2D eigenvalue weighted by Crippen LogP contribution is -2.46. The molecule has 0 bridgehead atoms. The smallest absolute Gasteiger partial charge is 0.229 e. The average molecular weight is 423 g/mol. The summed E-state index contributed by atoms with van der Waals surface area (Å²) < 4.78 is 5.23. The van der Waals surface area contributed by atoms with Crippen LogP contribution < -0.4 is 15.0 Å². The summed E-state index contributed by atoms with van der Waals surface area (Å²) in [6, 6.07) is 16.1. The molecule has 0 spiro atoms. The Hall–Kier alpha value is -2.90. The van der Waals surface area contributed by atoms with E-state index < -0.39 is 0 Å². The maximum atomic E-state index is 12.1. The third-order valence-corrected chi connectivity index (χ3v) is 6.08. The summed E-state index contributed by atoms with van der Waals surface area (Å²) in [5.74, 6) is 1.83. The SMILES string of the molecule is COc1ccc(CN2CCN(c3ccc(NC(=O)Cc4cccs4)cn3)CC2)cc1. The summed E-state index contributed by atoms with van der Waals surface area (Å²) >= 11 is 1.59. The number of nitrogens with zero attached hydrogens (tertiary/aromatic N) is 3. The Morgan fingerprint density at radius 3 is 2.53 bits per heavy atom. The van der Waals surface area contributed by atoms with Crippen LogP contribution in [0, 0.1) is 0 Å². The quantitative estimate of drug-likeness (QED) is 0.630. The van der Waals surface area contributed by atoms with E-state index in [4.69, 9.17) is 4.74 Å². The highest BCUT2D eigenvalue weighted by Gasteiger charge is 2.18. The zero-order chi connectivity index (χ0) is 20.8. The van der Waals surface area contributed by atoms with Gasteiger partial charge < -0.3 is 15.0 Å². The van der Waals surface area contributed by atoms with Gasteiger partial charge in [-0.05, 0) is 41.3 Å². The molecule has 7 heteroatoms. The molecule has 1 amide bonds. The molecule has 0 aliphatic carbocycles. The van der Waals surface area contributed by atoms with E-state index in [0.29, 0.717) is 6.42 Å². The molecule has 1 fully saturated rings. The number of benzene rings is 1. The maximum absolute atomic E-state index is 12.1. The molecule has 2 aromatic heterocycles. The normalized spacial score (nSPS) is 14.5. The minimum Gasteiger partial charge on any atom is -0.497 e. The lowest BCUT2D eigenvalue weighted by molar-refractivity contribution is -0.115. The van der Waals surface area contributed by atoms with Crippen molar-refractivity contribution in [2.75, 3.05) is 43.5 Å². The number of aromatic nitrogens is 1. The molecule has 0 radical (unpaired) electrons. The van der Waals surface area contributed by atoms with Gasteiger partial charge >= 0.3 is 0 Å². The first-order valence-corrected chi connectivity index (χ1v) is 11.0. The molecule has 1 aliphatic rings. The predicted octanol–water partition coefficient (Wildman–Crippen LogP) is 3.66. The van der Waals surface area contributed by atoms with Crippen LogP contribution in [0.3, 0.4) is 0 Å². The number of ether oxygens (including phenoxy) is 1. The number of thiophene rings is 1. The summed E-state index contributed by atoms with van der Waals surface area (Å²) in [5, 5.41) is 4.90. The van der Waals surface area contributed by atoms with Gasteiger partial charge in [-0.3, -0.25) is 9.69 Å². The van der Waals surface area contributed by atoms with Crippen LogP contribution in [0.25, 0.3) is 0 Å². The molecule has 3 aromatic rings. The average Bonchev–Trinajstić information content (AvgIpc) is 3.28. The van der Waals surface area contributed by atoms with Crippen molar-refractivity contribution in [1.82, 2.24) is 9.88 Å². The van der Waals surface area contributed by atoms with Crippen molar-refractivity contribution in [1.29, 1.82) is 0 Å². The highest BCUT2D eigenvalue weighted by atomic mass is 32.1. The second kappa shape index (κ2) is 9.73. The molecule has 30 heavy (non-hydrogen) atoms. The summed E-state index contributed by atoms with van der Waals surface area (Å²) in [6.45, 7) is 4.81. The number of hydrogen-bond acceptors (Lipinski definition) is 6. The van der Waals surface area contributed by atoms with Crippen LogP contribution in [-0.2, 0) is 17.8 Å². The van der Waals surface area contributed by atoms with E-state index in [1.165, 1.54) is 5.56 Å². The zero-order valence-corrected chi connectivity index (χ0v) is 17.9. The van der Waals surface area contributed by atoms with Crippen molar-refractivity contribution in [3.8, 4) is 5.75 Å². The van der Waals surface area contributed by atoms with Gasteiger partial charge in [0.05, 0.1) is 25.4 Å². The minimum atomic E-state index is -0.0147. The van der Waals surface area contributed by atoms with Crippen molar-refractivity contribution in [2.24, 2.45) is 0 Å². The molecule has 0 unspecified atom stereocenters. The Morgan fingerprint density at radius 1 is 1.10 bits per heavy atom. The van der Waals surface area contributed by atoms with Crippen molar-refractivity contribution in [2.45, 2.75) is 13.0 Å². The molecule has 1 N–H and O–H groups in total. The predicted molar refractivity (Wildman–Crippen MR) is 121 cm³/mol. The van der Waals surface area contributed by atoms with Gasteiger partial charge in [-0.15, -0.1) is 11.3 Å². The Kier molecular flexibility index (Phi) is 6.61. The number of piperazine rings is 1. The van der Waals surface area contributed by atoms with Gasteiger partial charge in [0.15, 0.2) is 0 Å². The van der Waals surface area contributed by atoms with Crippen molar-refractivity contribution in [3.05, 3.63) is 70.5 Å². The molecule has 1 aromatic carbocycles. The summed E-state index contributed by atoms with van der Waals surface area (Å²) in [7, 11) is 1.69. The van der Waals surface area contributed by atoms with E-state index in [0.717, 1.165) is 54.9 Å². The molecule has 6 nitrogen and oxygen atoms in total. The van der Waals surface area contributed by atoms with Gasteiger partial charge in [0.25, 0.3) is 0 Å². The number of rotatable bonds is 7. The van der Waals surface area contributed by atoms with E-state index >= 15 is 0 Å². The Balaban J connectivity index is 1.25. The Morgan fingerprint density at radius 2 is 1.90 bits per heavy atom. The van der Waals surface area contributed by atoms with Crippen LogP contribution in [0.4, 0.5) is 11.5 Å². The molecular weight excluding hydrogens is 396 g/mol. The first-order valence-electron chi connectivity index (χ1n) is 10.1. The topological polar surface area (TPSA) is 57.7 Å². The second-order valence-corrected chi connectivity index (χ2v) is 8.35. The van der Waals surface area contributed by atoms with Crippen LogP contribution in [0.5, 0.6) is 5.75 Å². The van der Waals surface area contributed by atoms with Gasteiger partial charge in [0, 0.05) is 37.6 Å². The van der Waals surface area contributed by atoms with Gasteiger partial charge in [0.1, 0.15) is 11.6 Å². The highest BCUT2D eigenvalue weighted by Crippen LogP contribution is 2.19. The highest BCUT2D eigenvalue weighted by molar-refractivity contribution is 7.10. The van der Waals surface area contributed by atoms with E-state index in [-0.39, 0.29) is 5.91 Å². The number of methoxy groups -OCH3 is 1. The van der Waals surface area contributed by atoms with E-state index in [2.05, 4.69) is 32.2 Å². The molecule has 0 atom stereocenters. The molecular formula is C23H26N4O2S. The number of hydrogen-bond donors (Lipinski definition) is 1. The molecule has 1 saturated heterocycles. The summed E-state index contributed by atoms with van der Waals surface area (Å²) in [4.78, 5) is 22.5. The van der Waals surface area contributed by atoms with Gasteiger partial charge in [0.2, 0.25) is 5.91 Å². The summed E-state index contributed by atoms with van der Waals surface area (Å²) in [6.07, 6.45) is 2.14. The fourth-order valence-corrected chi connectivity index (χ4v) is 4.25. The van der Waals surface area contributed by atoms with Crippen LogP contribution >= 0.6 is 11.3 Å². The first-order chi connectivity index (χ1) is 14.7. The van der Waals surface area contributed by atoms with Crippen LogP contribution in [-0.4, -0.2) is 49.1 Å². The fraction of sp³-hybridized carbons (Fsp3) is 0.304. The first kappa shape index (κ1) is 20.4. The molecule has 0 saturated carbocycles. The number of nitrogens with one attached hydrogen (secondary N) is 1. The standard InChI is InChI=1S/C23H26N4O2S/c1-29-20-7-4-18(5-8-20)17-26-10-12-27(13-11-26)22-9-6-19(16-24-22)25-23(28)15-21-3-2-14-30-21/h2-9,14,16H,10-13,15,17H2,1H3,(H,25,28). The second-order valence-electron chi connectivity index (χ2n) is 7.32. The molecule has 1 aliphatic heterocycles. The summed E-state index contributed by atoms with van der Waals surface area (Å²) in [5.41, 5.74) is 2.03. The van der Waals surface area contributed by atoms with Crippen molar-refractivity contribution >= 4 is 28.7 Å². The number of anilines is 2. The number of carbonyl (C=O) groups excluding carboxylic acids is 1. The Labute approximate surface area is 181 Å². The largest absolute Gasteiger partial charge is 0.497 e. The zero-order valence-electron chi connectivity index (χ0n) is 17.1. The van der Waals surface area contributed by atoms with Crippen molar-refractivity contribution in [3.63, 3.8) is 0 Å².